The SMILES string of the molecule is NCc1ccccc1OCCOCC1CCCC1. The van der Waals surface area contributed by atoms with Crippen LogP contribution in [0.25, 0.3) is 0 Å². The first-order valence-electron chi connectivity index (χ1n) is 6.88. The normalized spacial score (nSPS) is 16.1. The van der Waals surface area contributed by atoms with Crippen molar-refractivity contribution < 1.29 is 9.47 Å². The van der Waals surface area contributed by atoms with Gasteiger partial charge in [-0.3, -0.25) is 0 Å². The maximum atomic E-state index is 5.69. The van der Waals surface area contributed by atoms with Gasteiger partial charge in [0.25, 0.3) is 0 Å². The maximum Gasteiger partial charge on any atom is 0.123 e. The summed E-state index contributed by atoms with van der Waals surface area (Å²) in [4.78, 5) is 0. The summed E-state index contributed by atoms with van der Waals surface area (Å²) >= 11 is 0. The second-order valence-corrected chi connectivity index (χ2v) is 4.89. The molecule has 0 aromatic heterocycles. The van der Waals surface area contributed by atoms with Gasteiger partial charge in [0, 0.05) is 18.7 Å². The molecule has 3 heteroatoms. The number of hydrogen-bond donors (Lipinski definition) is 1. The molecule has 100 valence electrons. The molecule has 1 aromatic carbocycles. The maximum absolute atomic E-state index is 5.69. The van der Waals surface area contributed by atoms with Gasteiger partial charge in [0.2, 0.25) is 0 Å². The van der Waals surface area contributed by atoms with Crippen LogP contribution in [0.5, 0.6) is 5.75 Å². The molecule has 2 N–H and O–H groups in total. The van der Waals surface area contributed by atoms with Crippen molar-refractivity contribution in [3.05, 3.63) is 29.8 Å². The molecule has 0 heterocycles. The van der Waals surface area contributed by atoms with Crippen LogP contribution in [0.4, 0.5) is 0 Å². The van der Waals surface area contributed by atoms with Gasteiger partial charge >= 0.3 is 0 Å². The molecule has 0 unspecified atom stereocenters. The van der Waals surface area contributed by atoms with Crippen LogP contribution in [-0.2, 0) is 11.3 Å². The molecule has 0 aliphatic heterocycles. The molecule has 1 saturated carbocycles. The molecule has 0 spiro atoms. The lowest BCUT2D eigenvalue weighted by Crippen LogP contribution is -2.12. The zero-order valence-electron chi connectivity index (χ0n) is 10.9. The Labute approximate surface area is 109 Å². The van der Waals surface area contributed by atoms with E-state index in [1.54, 1.807) is 0 Å². The van der Waals surface area contributed by atoms with E-state index in [0.29, 0.717) is 19.8 Å². The van der Waals surface area contributed by atoms with Gasteiger partial charge in [-0.15, -0.1) is 0 Å². The van der Waals surface area contributed by atoms with Crippen LogP contribution in [0.15, 0.2) is 24.3 Å². The number of nitrogens with two attached hydrogens (primary N) is 1. The number of para-hydroxylation sites is 1. The fraction of sp³-hybridized carbons (Fsp3) is 0.600. The first kappa shape index (κ1) is 13.4. The van der Waals surface area contributed by atoms with Gasteiger partial charge in [-0.25, -0.2) is 0 Å². The summed E-state index contributed by atoms with van der Waals surface area (Å²) in [6.45, 7) is 2.67. The number of hydrogen-bond acceptors (Lipinski definition) is 3. The molecule has 0 amide bonds. The van der Waals surface area contributed by atoms with E-state index in [-0.39, 0.29) is 0 Å². The summed E-state index contributed by atoms with van der Waals surface area (Å²) in [7, 11) is 0. The van der Waals surface area contributed by atoms with Crippen molar-refractivity contribution in [2.75, 3.05) is 19.8 Å². The molecule has 1 aromatic rings. The summed E-state index contributed by atoms with van der Waals surface area (Å²) < 4.78 is 11.3. The van der Waals surface area contributed by atoms with E-state index in [9.17, 15) is 0 Å². The number of benzene rings is 1. The molecule has 18 heavy (non-hydrogen) atoms. The fourth-order valence-electron chi connectivity index (χ4n) is 2.45. The van der Waals surface area contributed by atoms with Crippen molar-refractivity contribution in [1.29, 1.82) is 0 Å². The molecule has 1 aliphatic rings. The van der Waals surface area contributed by atoms with Gasteiger partial charge in [-0.1, -0.05) is 31.0 Å². The Morgan fingerprint density at radius 3 is 2.67 bits per heavy atom. The second kappa shape index (κ2) is 7.39. The van der Waals surface area contributed by atoms with Crippen LogP contribution in [0.3, 0.4) is 0 Å². The summed E-state index contributed by atoms with van der Waals surface area (Å²) in [5, 5.41) is 0. The summed E-state index contributed by atoms with van der Waals surface area (Å²) in [5.74, 6) is 1.66. The Kier molecular flexibility index (Phi) is 5.49. The molecule has 1 fully saturated rings. The summed E-state index contributed by atoms with van der Waals surface area (Å²) in [5.41, 5.74) is 6.70. The van der Waals surface area contributed by atoms with Crippen molar-refractivity contribution in [2.45, 2.75) is 32.2 Å². The third-order valence-corrected chi connectivity index (χ3v) is 3.51. The predicted octanol–water partition coefficient (Wildman–Crippen LogP) is 2.73. The van der Waals surface area contributed by atoms with E-state index in [1.807, 2.05) is 24.3 Å². The minimum Gasteiger partial charge on any atom is -0.491 e. The topological polar surface area (TPSA) is 44.5 Å². The van der Waals surface area contributed by atoms with Gasteiger partial charge < -0.3 is 15.2 Å². The number of ether oxygens (including phenoxy) is 2. The molecule has 3 nitrogen and oxygen atoms in total. The minimum atomic E-state index is 0.513. The highest BCUT2D eigenvalue weighted by atomic mass is 16.5. The highest BCUT2D eigenvalue weighted by Gasteiger charge is 2.14. The Morgan fingerprint density at radius 2 is 1.89 bits per heavy atom. The third kappa shape index (κ3) is 4.00. The van der Waals surface area contributed by atoms with Crippen LogP contribution in [-0.4, -0.2) is 19.8 Å². The van der Waals surface area contributed by atoms with Gasteiger partial charge in [-0.2, -0.15) is 0 Å². The predicted molar refractivity (Wildman–Crippen MR) is 72.6 cm³/mol. The monoisotopic (exact) mass is 249 g/mol. The molecule has 0 radical (unpaired) electrons. The zero-order chi connectivity index (χ0) is 12.6. The van der Waals surface area contributed by atoms with Gasteiger partial charge in [0.05, 0.1) is 6.61 Å². The minimum absolute atomic E-state index is 0.513. The van der Waals surface area contributed by atoms with Gasteiger partial charge in [0.15, 0.2) is 0 Å². The van der Waals surface area contributed by atoms with Crippen molar-refractivity contribution in [3.8, 4) is 5.75 Å². The van der Waals surface area contributed by atoms with Gasteiger partial charge in [-0.05, 0) is 24.8 Å². The number of rotatable bonds is 7. The van der Waals surface area contributed by atoms with Crippen molar-refractivity contribution in [2.24, 2.45) is 11.7 Å². The smallest absolute Gasteiger partial charge is 0.123 e. The third-order valence-electron chi connectivity index (χ3n) is 3.51. The molecular formula is C15H23NO2. The van der Waals surface area contributed by atoms with Crippen LogP contribution >= 0.6 is 0 Å². The Morgan fingerprint density at radius 1 is 1.11 bits per heavy atom. The molecule has 0 bridgehead atoms. The van der Waals surface area contributed by atoms with E-state index in [1.165, 1.54) is 25.7 Å². The summed E-state index contributed by atoms with van der Waals surface area (Å²) in [6.07, 6.45) is 5.40. The van der Waals surface area contributed by atoms with Gasteiger partial charge in [0.1, 0.15) is 12.4 Å². The second-order valence-electron chi connectivity index (χ2n) is 4.89. The fourth-order valence-corrected chi connectivity index (χ4v) is 2.45. The van der Waals surface area contributed by atoms with E-state index in [2.05, 4.69) is 0 Å². The lowest BCUT2D eigenvalue weighted by Gasteiger charge is -2.12. The summed E-state index contributed by atoms with van der Waals surface area (Å²) in [6, 6.07) is 7.90. The lowest BCUT2D eigenvalue weighted by molar-refractivity contribution is 0.0752. The van der Waals surface area contributed by atoms with Crippen LogP contribution in [0, 0.1) is 5.92 Å². The van der Waals surface area contributed by atoms with E-state index in [4.69, 9.17) is 15.2 Å². The zero-order valence-corrected chi connectivity index (χ0v) is 10.9. The highest BCUT2D eigenvalue weighted by molar-refractivity contribution is 5.32. The molecular weight excluding hydrogens is 226 g/mol. The van der Waals surface area contributed by atoms with Crippen molar-refractivity contribution in [3.63, 3.8) is 0 Å². The standard InChI is InChI=1S/C15H23NO2/c16-11-14-7-3-4-8-15(14)18-10-9-17-12-13-5-1-2-6-13/h3-4,7-8,13H,1-2,5-6,9-12,16H2. The lowest BCUT2D eigenvalue weighted by atomic mass is 10.1. The molecule has 1 aliphatic carbocycles. The average Bonchev–Trinajstić information content (AvgIpc) is 2.92. The molecule has 0 saturated heterocycles. The van der Waals surface area contributed by atoms with E-state index in [0.717, 1.165) is 23.8 Å². The first-order valence-corrected chi connectivity index (χ1v) is 6.88. The van der Waals surface area contributed by atoms with E-state index >= 15 is 0 Å². The Balaban J connectivity index is 1.62. The van der Waals surface area contributed by atoms with Crippen LogP contribution < -0.4 is 10.5 Å². The van der Waals surface area contributed by atoms with Crippen molar-refractivity contribution >= 4 is 0 Å². The largest absolute Gasteiger partial charge is 0.491 e. The van der Waals surface area contributed by atoms with Crippen LogP contribution in [0.2, 0.25) is 0 Å². The highest BCUT2D eigenvalue weighted by Crippen LogP contribution is 2.24. The Hall–Kier alpha value is -1.06. The Bertz CT molecular complexity index is 348. The molecule has 2 rings (SSSR count). The average molecular weight is 249 g/mol. The van der Waals surface area contributed by atoms with E-state index < -0.39 is 0 Å². The first-order chi connectivity index (χ1) is 8.90. The van der Waals surface area contributed by atoms with Crippen molar-refractivity contribution in [1.82, 2.24) is 0 Å². The quantitative estimate of drug-likeness (QED) is 0.756. The molecule has 0 atom stereocenters. The van der Waals surface area contributed by atoms with Crippen LogP contribution in [0.1, 0.15) is 31.2 Å².